The van der Waals surface area contributed by atoms with Crippen molar-refractivity contribution in [2.45, 2.75) is 0 Å². The van der Waals surface area contributed by atoms with Gasteiger partial charge in [-0.2, -0.15) is 0 Å². The summed E-state index contributed by atoms with van der Waals surface area (Å²) in [6.07, 6.45) is 0. The number of carbonyl (C=O) groups excluding carboxylic acids is 4. The molecule has 0 aliphatic rings. The van der Waals surface area contributed by atoms with Gasteiger partial charge in [0, 0.05) is 22.5 Å². The van der Waals surface area contributed by atoms with Crippen LogP contribution in [0.5, 0.6) is 0 Å². The smallest absolute Gasteiger partial charge is 0.545 e. The average molecular weight is 473 g/mol. The van der Waals surface area contributed by atoms with E-state index in [4.69, 9.17) is 11.5 Å². The Bertz CT molecular complexity index is 831. The summed E-state index contributed by atoms with van der Waals surface area (Å²) in [6.45, 7) is 0. The van der Waals surface area contributed by atoms with Crippen molar-refractivity contribution in [3.63, 3.8) is 0 Å². The molecule has 4 N–H and O–H groups in total. The Morgan fingerprint density at radius 1 is 0.607 bits per heavy atom. The van der Waals surface area contributed by atoms with Crippen LogP contribution in [0.25, 0.3) is 0 Å². The number of rotatable bonds is 4. The van der Waals surface area contributed by atoms with Gasteiger partial charge in [-0.05, 0) is 23.3 Å². The Morgan fingerprint density at radius 2 is 0.893 bits per heavy atom. The van der Waals surface area contributed by atoms with Crippen molar-refractivity contribution in [1.29, 1.82) is 0 Å². The molecule has 0 atom stereocenters. The topological polar surface area (TPSA) is 213 Å². The molecule has 12 heteroatoms. The molecule has 0 aliphatic heterocycles. The van der Waals surface area contributed by atoms with E-state index in [1.54, 1.807) is 0 Å². The zero-order valence-electron chi connectivity index (χ0n) is 13.6. The molecule has 2 aromatic carbocycles. The molecule has 0 aliphatic carbocycles. The van der Waals surface area contributed by atoms with Gasteiger partial charge >= 0.3 is 33.8 Å². The molecular formula is C16H10CoFeN2O8. The van der Waals surface area contributed by atoms with Gasteiger partial charge in [0.25, 0.3) is 0 Å². The van der Waals surface area contributed by atoms with Crippen molar-refractivity contribution in [1.82, 2.24) is 0 Å². The number of benzene rings is 2. The van der Waals surface area contributed by atoms with Gasteiger partial charge in [-0.25, -0.2) is 0 Å². The second kappa shape index (κ2) is 11.6. The quantitative estimate of drug-likeness (QED) is 0.324. The van der Waals surface area contributed by atoms with E-state index in [0.29, 0.717) is 0 Å². The fourth-order valence-corrected chi connectivity index (χ4v) is 1.75. The number of aromatic carboxylic acids is 4. The van der Waals surface area contributed by atoms with Gasteiger partial charge < -0.3 is 51.1 Å². The van der Waals surface area contributed by atoms with Crippen LogP contribution in [-0.4, -0.2) is 23.9 Å². The van der Waals surface area contributed by atoms with E-state index in [-0.39, 0.29) is 67.5 Å². The molecular weight excluding hydrogens is 463 g/mol. The van der Waals surface area contributed by atoms with E-state index >= 15 is 0 Å². The minimum absolute atomic E-state index is 0. The normalized spacial score (nSPS) is 8.86. The Kier molecular flexibility index (Phi) is 11.3. The zero-order valence-corrected chi connectivity index (χ0v) is 15.7. The summed E-state index contributed by atoms with van der Waals surface area (Å²) in [5, 5.41) is 41.3. The SMILES string of the molecule is Nc1cc(C(=O)[O-])ccc1C(=O)[O-].Nc1cc(C(=O)[O-])ccc1C(=O)[O-].[Co+2].[Fe+2]. The minimum Gasteiger partial charge on any atom is -0.545 e. The second-order valence-electron chi connectivity index (χ2n) is 4.75. The average Bonchev–Trinajstić information content (AvgIpc) is 2.54. The summed E-state index contributed by atoms with van der Waals surface area (Å²) in [5.74, 6) is -5.70. The first-order chi connectivity index (χ1) is 12.0. The van der Waals surface area contributed by atoms with Crippen LogP contribution in [0.15, 0.2) is 36.4 Å². The standard InChI is InChI=1S/2C8H7NO4.Co.Fe/c2*9-6-3-4(7(10)11)1-2-5(6)8(12)13;;/h2*1-3H,9H2,(H,10,11)(H,12,13);;/q;;2*+2/p-4. The summed E-state index contributed by atoms with van der Waals surface area (Å²) in [5.41, 5.74) is 9.40. The summed E-state index contributed by atoms with van der Waals surface area (Å²) >= 11 is 0. The van der Waals surface area contributed by atoms with Gasteiger partial charge in [-0.3, -0.25) is 0 Å². The van der Waals surface area contributed by atoms with Crippen molar-refractivity contribution in [2.24, 2.45) is 0 Å². The minimum atomic E-state index is -1.44. The summed E-state index contributed by atoms with van der Waals surface area (Å²) in [7, 11) is 0. The van der Waals surface area contributed by atoms with Gasteiger partial charge in [0.15, 0.2) is 0 Å². The van der Waals surface area contributed by atoms with Crippen molar-refractivity contribution >= 4 is 35.3 Å². The molecule has 2 aromatic rings. The van der Waals surface area contributed by atoms with Crippen molar-refractivity contribution in [3.8, 4) is 0 Å². The molecule has 0 saturated carbocycles. The number of hydrogen-bond donors (Lipinski definition) is 2. The van der Waals surface area contributed by atoms with E-state index in [9.17, 15) is 39.6 Å². The Hall–Kier alpha value is -3.05. The van der Waals surface area contributed by atoms with Crippen molar-refractivity contribution < 1.29 is 73.5 Å². The second-order valence-corrected chi connectivity index (χ2v) is 4.75. The van der Waals surface area contributed by atoms with Gasteiger partial charge in [-0.1, -0.05) is 24.3 Å². The molecule has 0 fully saturated rings. The molecule has 2 rings (SSSR count). The molecule has 0 aromatic heterocycles. The molecule has 0 saturated heterocycles. The number of nitrogens with two attached hydrogens (primary N) is 2. The van der Waals surface area contributed by atoms with Crippen LogP contribution in [0, 0.1) is 0 Å². The molecule has 1 radical (unpaired) electrons. The third-order valence-electron chi connectivity index (χ3n) is 3.01. The monoisotopic (exact) mass is 473 g/mol. The molecule has 0 spiro atoms. The molecule has 0 bridgehead atoms. The summed E-state index contributed by atoms with van der Waals surface area (Å²) in [6, 6.07) is 6.35. The molecule has 28 heavy (non-hydrogen) atoms. The van der Waals surface area contributed by atoms with Crippen molar-refractivity contribution in [2.75, 3.05) is 11.5 Å². The first-order valence-electron chi connectivity index (χ1n) is 6.69. The third kappa shape index (κ3) is 7.29. The third-order valence-corrected chi connectivity index (χ3v) is 3.01. The molecule has 10 nitrogen and oxygen atoms in total. The number of anilines is 2. The largest absolute Gasteiger partial charge is 2.00 e. The van der Waals surface area contributed by atoms with Crippen LogP contribution in [0.4, 0.5) is 11.4 Å². The van der Waals surface area contributed by atoms with Gasteiger partial charge in [0.05, 0.1) is 23.9 Å². The van der Waals surface area contributed by atoms with E-state index < -0.39 is 23.9 Å². The van der Waals surface area contributed by atoms with Crippen LogP contribution in [-0.2, 0) is 33.8 Å². The molecule has 0 unspecified atom stereocenters. The van der Waals surface area contributed by atoms with E-state index in [0.717, 1.165) is 36.4 Å². The van der Waals surface area contributed by atoms with Crippen LogP contribution in [0.3, 0.4) is 0 Å². The van der Waals surface area contributed by atoms with E-state index in [1.807, 2.05) is 0 Å². The first kappa shape index (κ1) is 27.2. The maximum Gasteiger partial charge on any atom is 2.00 e. The number of hydrogen-bond acceptors (Lipinski definition) is 10. The summed E-state index contributed by atoms with van der Waals surface area (Å²) in [4.78, 5) is 41.3. The predicted octanol–water partition coefficient (Wildman–Crippen LogP) is -4.01. The molecule has 0 heterocycles. The van der Waals surface area contributed by atoms with Crippen LogP contribution < -0.4 is 31.9 Å². The fraction of sp³-hybridized carbons (Fsp3) is 0. The number of carbonyl (C=O) groups is 4. The summed E-state index contributed by atoms with van der Waals surface area (Å²) < 4.78 is 0. The molecule has 149 valence electrons. The predicted molar refractivity (Wildman–Crippen MR) is 79.0 cm³/mol. The van der Waals surface area contributed by atoms with Gasteiger partial charge in [0.1, 0.15) is 0 Å². The Balaban J connectivity index is 0. The molecule has 0 amide bonds. The maximum atomic E-state index is 10.3. The number of nitrogen functional groups attached to an aromatic ring is 2. The van der Waals surface area contributed by atoms with Gasteiger partial charge in [-0.15, -0.1) is 0 Å². The van der Waals surface area contributed by atoms with Crippen LogP contribution in [0.2, 0.25) is 0 Å². The van der Waals surface area contributed by atoms with Crippen molar-refractivity contribution in [3.05, 3.63) is 58.7 Å². The zero-order chi connectivity index (χ0) is 20.0. The fourth-order valence-electron chi connectivity index (χ4n) is 1.75. The van der Waals surface area contributed by atoms with Crippen LogP contribution in [0.1, 0.15) is 41.4 Å². The van der Waals surface area contributed by atoms with E-state index in [1.165, 1.54) is 0 Å². The number of carboxylic acids is 4. The Labute approximate surface area is 178 Å². The Morgan fingerprint density at radius 3 is 1.07 bits per heavy atom. The maximum absolute atomic E-state index is 10.3. The number of carboxylic acid groups (broad SMARTS) is 4. The first-order valence-corrected chi connectivity index (χ1v) is 6.69. The van der Waals surface area contributed by atoms with E-state index in [2.05, 4.69) is 0 Å². The van der Waals surface area contributed by atoms with Crippen LogP contribution >= 0.6 is 0 Å². The van der Waals surface area contributed by atoms with Gasteiger partial charge in [0.2, 0.25) is 0 Å².